The van der Waals surface area contributed by atoms with Gasteiger partial charge in [0.2, 0.25) is 0 Å². The molecule has 110 valence electrons. The molecule has 0 spiro atoms. The first-order valence-corrected chi connectivity index (χ1v) is 6.43. The van der Waals surface area contributed by atoms with Crippen LogP contribution >= 0.6 is 0 Å². The van der Waals surface area contributed by atoms with Crippen molar-refractivity contribution in [2.75, 3.05) is 19.6 Å². The molecule has 0 aromatic rings. The highest BCUT2D eigenvalue weighted by Gasteiger charge is 2.32. The normalized spacial score (nSPS) is 24.6. The van der Waals surface area contributed by atoms with Crippen LogP contribution in [-0.4, -0.2) is 64.1 Å². The molecule has 0 bridgehead atoms. The second kappa shape index (κ2) is 6.72. The molecule has 0 radical (unpaired) electrons. The Kier molecular flexibility index (Phi) is 5.56. The second-order valence-corrected chi connectivity index (χ2v) is 5.39. The van der Waals surface area contributed by atoms with Crippen LogP contribution in [0.2, 0.25) is 0 Å². The molecule has 7 nitrogen and oxygen atoms in total. The summed E-state index contributed by atoms with van der Waals surface area (Å²) < 4.78 is 0. The van der Waals surface area contributed by atoms with Gasteiger partial charge >= 0.3 is 12.0 Å². The third-order valence-corrected chi connectivity index (χ3v) is 3.15. The maximum Gasteiger partial charge on any atom is 0.317 e. The molecule has 3 atom stereocenters. The van der Waals surface area contributed by atoms with Gasteiger partial charge in [0.05, 0.1) is 31.2 Å². The van der Waals surface area contributed by atoms with Gasteiger partial charge in [0.15, 0.2) is 0 Å². The molecule has 1 rings (SSSR count). The Morgan fingerprint density at radius 1 is 1.26 bits per heavy atom. The van der Waals surface area contributed by atoms with Crippen molar-refractivity contribution in [3.63, 3.8) is 0 Å². The number of rotatable bonds is 5. The molecule has 0 aromatic heterocycles. The largest absolute Gasteiger partial charge is 0.481 e. The van der Waals surface area contributed by atoms with E-state index in [0.29, 0.717) is 6.42 Å². The van der Waals surface area contributed by atoms with E-state index in [0.717, 1.165) is 0 Å². The molecule has 4 N–H and O–H groups in total. The van der Waals surface area contributed by atoms with E-state index < -0.39 is 30.1 Å². The van der Waals surface area contributed by atoms with Gasteiger partial charge in [0.25, 0.3) is 0 Å². The van der Waals surface area contributed by atoms with Gasteiger partial charge in [-0.1, -0.05) is 13.8 Å². The smallest absolute Gasteiger partial charge is 0.317 e. The molecule has 0 aromatic carbocycles. The number of aliphatic carboxylic acids is 1. The molecule has 1 aliphatic rings. The average Bonchev–Trinajstić information content (AvgIpc) is 2.64. The lowest BCUT2D eigenvalue weighted by Crippen LogP contribution is -2.42. The number of hydrogen-bond acceptors (Lipinski definition) is 4. The van der Waals surface area contributed by atoms with Crippen LogP contribution in [0.15, 0.2) is 0 Å². The number of β-amino-alcohol motifs (C(OH)–C–C–N with tert-alkyl or cyclic N) is 2. The molecule has 2 amide bonds. The Morgan fingerprint density at radius 3 is 2.21 bits per heavy atom. The van der Waals surface area contributed by atoms with Gasteiger partial charge in [-0.25, -0.2) is 4.79 Å². The number of nitrogens with one attached hydrogen (secondary N) is 1. The van der Waals surface area contributed by atoms with Crippen molar-refractivity contribution in [2.45, 2.75) is 32.5 Å². The van der Waals surface area contributed by atoms with E-state index in [1.54, 1.807) is 0 Å². The van der Waals surface area contributed by atoms with Crippen molar-refractivity contribution in [3.05, 3.63) is 0 Å². The van der Waals surface area contributed by atoms with Gasteiger partial charge in [0, 0.05) is 6.54 Å². The summed E-state index contributed by atoms with van der Waals surface area (Å²) in [5, 5.41) is 30.2. The van der Waals surface area contributed by atoms with Gasteiger partial charge in [0.1, 0.15) is 0 Å². The predicted molar refractivity (Wildman–Crippen MR) is 67.6 cm³/mol. The molecule has 1 fully saturated rings. The number of aliphatic hydroxyl groups is 2. The first-order chi connectivity index (χ1) is 8.81. The summed E-state index contributed by atoms with van der Waals surface area (Å²) >= 11 is 0. The van der Waals surface area contributed by atoms with Crippen molar-refractivity contribution in [1.29, 1.82) is 0 Å². The Balaban J connectivity index is 2.42. The number of aliphatic hydroxyl groups excluding tert-OH is 2. The standard InChI is InChI=1S/C12H22N2O5/c1-7(2)3-8(11(17)18)4-13-12(19)14-5-9(15)10(16)6-14/h7-10,15-16H,3-6H2,1-2H3,(H,13,19)(H,17,18). The highest BCUT2D eigenvalue weighted by molar-refractivity contribution is 5.76. The molecule has 1 saturated heterocycles. The van der Waals surface area contributed by atoms with Crippen molar-refractivity contribution in [1.82, 2.24) is 10.2 Å². The van der Waals surface area contributed by atoms with Crippen LogP contribution in [0.25, 0.3) is 0 Å². The maximum atomic E-state index is 11.7. The van der Waals surface area contributed by atoms with Crippen LogP contribution in [0.3, 0.4) is 0 Å². The minimum atomic E-state index is -0.935. The van der Waals surface area contributed by atoms with Gasteiger partial charge in [-0.2, -0.15) is 0 Å². The summed E-state index contributed by atoms with van der Waals surface area (Å²) in [6.07, 6.45) is -1.38. The van der Waals surface area contributed by atoms with Crippen molar-refractivity contribution in [2.24, 2.45) is 11.8 Å². The summed E-state index contributed by atoms with van der Waals surface area (Å²) in [5.41, 5.74) is 0. The number of carboxylic acids is 1. The number of likely N-dealkylation sites (tertiary alicyclic amines) is 1. The first kappa shape index (κ1) is 15.7. The molecule has 19 heavy (non-hydrogen) atoms. The van der Waals surface area contributed by atoms with Crippen LogP contribution in [0.4, 0.5) is 4.79 Å². The van der Waals surface area contributed by atoms with Gasteiger partial charge in [-0.3, -0.25) is 4.79 Å². The highest BCUT2D eigenvalue weighted by atomic mass is 16.4. The monoisotopic (exact) mass is 274 g/mol. The third kappa shape index (κ3) is 4.68. The highest BCUT2D eigenvalue weighted by Crippen LogP contribution is 2.13. The van der Waals surface area contributed by atoms with Crippen LogP contribution in [-0.2, 0) is 4.79 Å². The summed E-state index contributed by atoms with van der Waals surface area (Å²) in [6.45, 7) is 4.02. The SMILES string of the molecule is CC(C)CC(CNC(=O)N1CC(O)C(O)C1)C(=O)O. The van der Waals surface area contributed by atoms with E-state index in [1.165, 1.54) is 4.90 Å². The van der Waals surface area contributed by atoms with E-state index in [-0.39, 0.29) is 25.6 Å². The quantitative estimate of drug-likeness (QED) is 0.539. The molecule has 3 unspecified atom stereocenters. The van der Waals surface area contributed by atoms with E-state index >= 15 is 0 Å². The van der Waals surface area contributed by atoms with Gasteiger partial charge < -0.3 is 25.5 Å². The number of amides is 2. The Bertz CT molecular complexity index is 324. The molecule has 1 aliphatic heterocycles. The lowest BCUT2D eigenvalue weighted by Gasteiger charge is -2.19. The van der Waals surface area contributed by atoms with Crippen LogP contribution in [0, 0.1) is 11.8 Å². The van der Waals surface area contributed by atoms with Gasteiger partial charge in [-0.05, 0) is 12.3 Å². The Labute approximate surface area is 112 Å². The third-order valence-electron chi connectivity index (χ3n) is 3.15. The van der Waals surface area contributed by atoms with E-state index in [1.807, 2.05) is 13.8 Å². The van der Waals surface area contributed by atoms with Gasteiger partial charge in [-0.15, -0.1) is 0 Å². The number of carboxylic acid groups (broad SMARTS) is 1. The lowest BCUT2D eigenvalue weighted by molar-refractivity contribution is -0.142. The van der Waals surface area contributed by atoms with Crippen LogP contribution in [0.1, 0.15) is 20.3 Å². The molecular formula is C12H22N2O5. The average molecular weight is 274 g/mol. The van der Waals surface area contributed by atoms with E-state index in [9.17, 15) is 19.8 Å². The summed E-state index contributed by atoms with van der Waals surface area (Å²) in [4.78, 5) is 24.1. The van der Waals surface area contributed by atoms with E-state index in [4.69, 9.17) is 5.11 Å². The zero-order valence-corrected chi connectivity index (χ0v) is 11.2. The fraction of sp³-hybridized carbons (Fsp3) is 0.833. The van der Waals surface area contributed by atoms with Crippen molar-refractivity contribution in [3.8, 4) is 0 Å². The summed E-state index contributed by atoms with van der Waals surface area (Å²) in [5.74, 6) is -1.33. The molecule has 0 saturated carbocycles. The second-order valence-electron chi connectivity index (χ2n) is 5.39. The maximum absolute atomic E-state index is 11.7. The van der Waals surface area contributed by atoms with Crippen molar-refractivity contribution >= 4 is 12.0 Å². The molecule has 7 heteroatoms. The molecule has 1 heterocycles. The molecule has 0 aliphatic carbocycles. The summed E-state index contributed by atoms with van der Waals surface area (Å²) in [7, 11) is 0. The van der Waals surface area contributed by atoms with Crippen LogP contribution in [0.5, 0.6) is 0 Å². The fourth-order valence-electron chi connectivity index (χ4n) is 2.10. The Morgan fingerprint density at radius 2 is 1.79 bits per heavy atom. The number of carbonyl (C=O) groups is 2. The predicted octanol–water partition coefficient (Wildman–Crippen LogP) is -0.520. The summed E-state index contributed by atoms with van der Waals surface area (Å²) in [6, 6.07) is -0.453. The molecular weight excluding hydrogens is 252 g/mol. The number of carbonyl (C=O) groups excluding carboxylic acids is 1. The lowest BCUT2D eigenvalue weighted by atomic mass is 9.97. The van der Waals surface area contributed by atoms with E-state index in [2.05, 4.69) is 5.32 Å². The van der Waals surface area contributed by atoms with Crippen molar-refractivity contribution < 1.29 is 24.9 Å². The number of nitrogens with zero attached hydrogens (tertiary/aromatic N) is 1. The number of hydrogen-bond donors (Lipinski definition) is 4. The number of urea groups is 1. The zero-order valence-electron chi connectivity index (χ0n) is 11.2. The zero-order chi connectivity index (χ0) is 14.6. The topological polar surface area (TPSA) is 110 Å². The fourth-order valence-corrected chi connectivity index (χ4v) is 2.10. The minimum absolute atomic E-state index is 0.0506. The Hall–Kier alpha value is -1.34. The van der Waals surface area contributed by atoms with Crippen LogP contribution < -0.4 is 5.32 Å². The minimum Gasteiger partial charge on any atom is -0.481 e. The first-order valence-electron chi connectivity index (χ1n) is 6.43.